The van der Waals surface area contributed by atoms with Crippen LogP contribution in [0.15, 0.2) is 18.2 Å². The summed E-state index contributed by atoms with van der Waals surface area (Å²) in [5, 5.41) is 1.40. The van der Waals surface area contributed by atoms with Gasteiger partial charge in [0.05, 0.1) is 15.1 Å². The largest absolute Gasteiger partial charge is 0.412 e. The van der Waals surface area contributed by atoms with Gasteiger partial charge in [0.2, 0.25) is 5.75 Å². The first-order valence-electron chi connectivity index (χ1n) is 2.76. The molecule has 0 amide bonds. The molecule has 0 heterocycles. The highest BCUT2D eigenvalue weighted by Crippen LogP contribution is 2.28. The average Bonchev–Trinajstić information content (AvgIpc) is 2.02. The predicted molar refractivity (Wildman–Crippen MR) is 57.7 cm³/mol. The van der Waals surface area contributed by atoms with Crippen LogP contribution in [0.2, 0.25) is 15.1 Å². The standard InChI is InChI=1S/C6H3Cl3.CHClO.H2O/c7-4-2-1-3-5(8)6(4)9;2-1-3;/h1-3H;1H;1H2. The Morgan fingerprint density at radius 3 is 1.62 bits per heavy atom. The highest BCUT2D eigenvalue weighted by Gasteiger charge is 1.98. The second-order valence-corrected chi connectivity index (χ2v) is 3.00. The quantitative estimate of drug-likeness (QED) is 0.403. The molecule has 0 unspecified atom stereocenters. The number of benzene rings is 1. The lowest BCUT2D eigenvalue weighted by Gasteiger charge is -1.94. The number of hydrogen-bond donors (Lipinski definition) is 0. The second-order valence-electron chi connectivity index (χ2n) is 1.62. The van der Waals surface area contributed by atoms with Crippen LogP contribution >= 0.6 is 46.4 Å². The van der Waals surface area contributed by atoms with E-state index < -0.39 is 0 Å². The van der Waals surface area contributed by atoms with E-state index in [0.717, 1.165) is 0 Å². The molecule has 0 fully saturated rings. The summed E-state index contributed by atoms with van der Waals surface area (Å²) < 4.78 is 0. The summed E-state index contributed by atoms with van der Waals surface area (Å²) in [7, 11) is 0. The van der Waals surface area contributed by atoms with Crippen LogP contribution in [-0.2, 0) is 4.79 Å². The van der Waals surface area contributed by atoms with Crippen molar-refractivity contribution in [2.75, 3.05) is 0 Å². The van der Waals surface area contributed by atoms with Crippen LogP contribution in [0.5, 0.6) is 0 Å². The lowest BCUT2D eigenvalue weighted by molar-refractivity contribution is 0.569. The van der Waals surface area contributed by atoms with Gasteiger partial charge in [0, 0.05) is 0 Å². The van der Waals surface area contributed by atoms with Crippen molar-refractivity contribution in [3.05, 3.63) is 33.3 Å². The molecule has 13 heavy (non-hydrogen) atoms. The van der Waals surface area contributed by atoms with E-state index in [2.05, 4.69) is 11.6 Å². The zero-order valence-electron chi connectivity index (χ0n) is 6.23. The van der Waals surface area contributed by atoms with Crippen LogP contribution in [0.1, 0.15) is 0 Å². The van der Waals surface area contributed by atoms with Gasteiger partial charge in [-0.05, 0) is 23.7 Å². The van der Waals surface area contributed by atoms with Crippen molar-refractivity contribution in [3.63, 3.8) is 0 Å². The highest BCUT2D eigenvalue weighted by molar-refractivity contribution is 6.54. The molecule has 0 bridgehead atoms. The maximum atomic E-state index is 8.57. The molecule has 0 aliphatic carbocycles. The van der Waals surface area contributed by atoms with Crippen LogP contribution in [-0.4, -0.2) is 11.2 Å². The SMILES string of the molecule is Clc1cccc(Cl)c1Cl.O.O=CCl. The van der Waals surface area contributed by atoms with Gasteiger partial charge in [0.25, 0.3) is 0 Å². The van der Waals surface area contributed by atoms with E-state index in [0.29, 0.717) is 15.1 Å². The first-order valence-corrected chi connectivity index (χ1v) is 4.34. The summed E-state index contributed by atoms with van der Waals surface area (Å²) in [6, 6.07) is 5.13. The van der Waals surface area contributed by atoms with Gasteiger partial charge >= 0.3 is 0 Å². The van der Waals surface area contributed by atoms with E-state index in [1.165, 1.54) is 0 Å². The summed E-state index contributed by atoms with van der Waals surface area (Å²) >= 11 is 21.1. The fourth-order valence-electron chi connectivity index (χ4n) is 0.477. The molecule has 1 rings (SSSR count). The Labute approximate surface area is 95.7 Å². The highest BCUT2D eigenvalue weighted by atomic mass is 35.5. The molecule has 1 aromatic rings. The fraction of sp³-hybridized carbons (Fsp3) is 0. The number of carbonyl (C=O) groups excluding carboxylic acids is 1. The Balaban J connectivity index is 0. The molecule has 74 valence electrons. The van der Waals surface area contributed by atoms with Gasteiger partial charge in [0.15, 0.2) is 0 Å². The maximum Gasteiger partial charge on any atom is 0.208 e. The Bertz CT molecular complexity index is 244. The summed E-state index contributed by atoms with van der Waals surface area (Å²) in [6.45, 7) is 0. The molecule has 0 radical (unpaired) electrons. The van der Waals surface area contributed by atoms with Crippen molar-refractivity contribution in [2.45, 2.75) is 0 Å². The third-order valence-electron chi connectivity index (χ3n) is 0.904. The van der Waals surface area contributed by atoms with E-state index in [-0.39, 0.29) is 11.2 Å². The van der Waals surface area contributed by atoms with Crippen molar-refractivity contribution in [1.82, 2.24) is 0 Å². The molecule has 0 aliphatic heterocycles. The molecule has 0 aliphatic rings. The number of carbonyl (C=O) groups is 1. The number of hydrogen-bond acceptors (Lipinski definition) is 1. The van der Waals surface area contributed by atoms with Gasteiger partial charge in [0.1, 0.15) is 0 Å². The Kier molecular flexibility index (Phi) is 10.2. The summed E-state index contributed by atoms with van der Waals surface area (Å²) in [5.74, 6) is 0.222. The van der Waals surface area contributed by atoms with Crippen LogP contribution in [0.25, 0.3) is 0 Å². The molecular formula is C7H6Cl4O2. The van der Waals surface area contributed by atoms with Crippen molar-refractivity contribution in [3.8, 4) is 0 Å². The molecular weight excluding hydrogens is 258 g/mol. The van der Waals surface area contributed by atoms with Gasteiger partial charge in [-0.1, -0.05) is 40.9 Å². The van der Waals surface area contributed by atoms with Crippen molar-refractivity contribution in [2.24, 2.45) is 0 Å². The summed E-state index contributed by atoms with van der Waals surface area (Å²) in [5.41, 5.74) is 0. The lowest BCUT2D eigenvalue weighted by Crippen LogP contribution is -1.67. The topological polar surface area (TPSA) is 48.6 Å². The third-order valence-corrected chi connectivity index (χ3v) is 2.14. The Morgan fingerprint density at radius 1 is 1.08 bits per heavy atom. The number of halogens is 4. The van der Waals surface area contributed by atoms with E-state index in [4.69, 9.17) is 39.6 Å². The van der Waals surface area contributed by atoms with E-state index >= 15 is 0 Å². The first-order chi connectivity index (χ1) is 5.63. The van der Waals surface area contributed by atoms with Crippen molar-refractivity contribution in [1.29, 1.82) is 0 Å². The molecule has 1 aromatic carbocycles. The minimum atomic E-state index is 0. The Hall–Kier alpha value is 0.01000. The van der Waals surface area contributed by atoms with Gasteiger partial charge in [-0.25, -0.2) is 0 Å². The van der Waals surface area contributed by atoms with Crippen LogP contribution in [0.4, 0.5) is 0 Å². The van der Waals surface area contributed by atoms with E-state index in [9.17, 15) is 0 Å². The predicted octanol–water partition coefficient (Wildman–Crippen LogP) is 3.24. The molecule has 2 N–H and O–H groups in total. The summed E-state index contributed by atoms with van der Waals surface area (Å²) in [4.78, 5) is 8.57. The summed E-state index contributed by atoms with van der Waals surface area (Å²) in [6.07, 6.45) is 0. The number of rotatable bonds is 0. The van der Waals surface area contributed by atoms with Gasteiger partial charge in [-0.15, -0.1) is 0 Å². The van der Waals surface area contributed by atoms with Crippen molar-refractivity contribution >= 4 is 52.1 Å². The third kappa shape index (κ3) is 6.13. The van der Waals surface area contributed by atoms with Gasteiger partial charge < -0.3 is 5.48 Å². The maximum absolute atomic E-state index is 8.57. The Morgan fingerprint density at radius 2 is 1.38 bits per heavy atom. The minimum absolute atomic E-state index is 0. The van der Waals surface area contributed by atoms with Gasteiger partial charge in [-0.3, -0.25) is 4.79 Å². The van der Waals surface area contributed by atoms with Crippen LogP contribution < -0.4 is 0 Å². The normalized spacial score (nSPS) is 7.69. The minimum Gasteiger partial charge on any atom is -0.412 e. The smallest absolute Gasteiger partial charge is 0.208 e. The second kappa shape index (κ2) is 8.60. The molecule has 0 saturated heterocycles. The molecule has 2 nitrogen and oxygen atoms in total. The van der Waals surface area contributed by atoms with E-state index in [1.807, 2.05) is 0 Å². The zero-order valence-corrected chi connectivity index (χ0v) is 9.25. The lowest BCUT2D eigenvalue weighted by atomic mass is 10.4. The molecule has 0 spiro atoms. The molecule has 0 aromatic heterocycles. The monoisotopic (exact) mass is 262 g/mol. The zero-order chi connectivity index (χ0) is 9.56. The van der Waals surface area contributed by atoms with E-state index in [1.54, 1.807) is 18.2 Å². The fourth-order valence-corrected chi connectivity index (χ4v) is 1.00. The molecule has 0 atom stereocenters. The first kappa shape index (κ1) is 15.5. The van der Waals surface area contributed by atoms with Gasteiger partial charge in [-0.2, -0.15) is 0 Å². The van der Waals surface area contributed by atoms with Crippen LogP contribution in [0, 0.1) is 0 Å². The molecule has 6 heteroatoms. The molecule has 0 saturated carbocycles. The van der Waals surface area contributed by atoms with Crippen molar-refractivity contribution < 1.29 is 10.3 Å². The average molecular weight is 264 g/mol. The van der Waals surface area contributed by atoms with Crippen LogP contribution in [0.3, 0.4) is 0 Å².